The number of anilines is 1. The first-order chi connectivity index (χ1) is 11.1. The first-order valence-corrected chi connectivity index (χ1v) is 7.88. The highest BCUT2D eigenvalue weighted by Crippen LogP contribution is 2.16. The highest BCUT2D eigenvalue weighted by molar-refractivity contribution is 7.99. The molecule has 0 unspecified atom stereocenters. The summed E-state index contributed by atoms with van der Waals surface area (Å²) in [5, 5.41) is 3.52. The van der Waals surface area contributed by atoms with Crippen LogP contribution >= 0.6 is 11.8 Å². The van der Waals surface area contributed by atoms with Crippen molar-refractivity contribution in [1.29, 1.82) is 0 Å². The molecule has 3 N–H and O–H groups in total. The lowest BCUT2D eigenvalue weighted by atomic mass is 10.2. The van der Waals surface area contributed by atoms with E-state index in [4.69, 9.17) is 5.84 Å². The smallest absolute Gasteiger partial charge is 0.280 e. The fourth-order valence-corrected chi connectivity index (χ4v) is 2.79. The summed E-state index contributed by atoms with van der Waals surface area (Å²) < 4.78 is 0.975. The third-order valence-electron chi connectivity index (χ3n) is 3.17. The van der Waals surface area contributed by atoms with Crippen molar-refractivity contribution in [2.45, 2.75) is 5.16 Å². The molecule has 0 spiro atoms. The Hall–Kier alpha value is -2.80. The number of thioether (sulfide) groups is 1. The lowest BCUT2D eigenvalue weighted by Crippen LogP contribution is -2.30. The zero-order valence-corrected chi connectivity index (χ0v) is 12.9. The van der Waals surface area contributed by atoms with E-state index in [0.29, 0.717) is 16.1 Å². The molecule has 2 aromatic carbocycles. The Morgan fingerprint density at radius 3 is 2.61 bits per heavy atom. The minimum Gasteiger partial charge on any atom is -0.334 e. The number of hydrogen-bond acceptors (Lipinski definition) is 5. The van der Waals surface area contributed by atoms with Crippen molar-refractivity contribution in [1.82, 2.24) is 9.66 Å². The van der Waals surface area contributed by atoms with E-state index >= 15 is 0 Å². The first-order valence-electron chi connectivity index (χ1n) is 6.90. The molecule has 0 fully saturated rings. The third-order valence-corrected chi connectivity index (χ3v) is 4.12. The molecule has 1 aromatic heterocycles. The molecule has 3 rings (SSSR count). The molecule has 1 amide bonds. The minimum atomic E-state index is -0.332. The molecule has 0 aliphatic heterocycles. The number of fused-ring (bicyclic) bond motifs is 1. The van der Waals surface area contributed by atoms with E-state index in [1.54, 1.807) is 36.4 Å². The predicted octanol–water partition coefficient (Wildman–Crippen LogP) is 1.84. The quantitative estimate of drug-likeness (QED) is 0.434. The number of nitrogen functional groups attached to an aromatic ring is 1. The highest BCUT2D eigenvalue weighted by Gasteiger charge is 2.11. The van der Waals surface area contributed by atoms with Gasteiger partial charge in [0.05, 0.1) is 16.7 Å². The summed E-state index contributed by atoms with van der Waals surface area (Å²) in [7, 11) is 0. The molecule has 1 heterocycles. The molecule has 116 valence electrons. The molecule has 0 aliphatic carbocycles. The summed E-state index contributed by atoms with van der Waals surface area (Å²) >= 11 is 1.12. The molecule has 7 heteroatoms. The Bertz CT molecular complexity index is 909. The van der Waals surface area contributed by atoms with Gasteiger partial charge in [0.15, 0.2) is 5.16 Å². The van der Waals surface area contributed by atoms with Crippen LogP contribution in [0.3, 0.4) is 0 Å². The second kappa shape index (κ2) is 6.53. The van der Waals surface area contributed by atoms with Crippen LogP contribution in [0.25, 0.3) is 10.9 Å². The summed E-state index contributed by atoms with van der Waals surface area (Å²) in [5.74, 6) is 5.69. The second-order valence-corrected chi connectivity index (χ2v) is 5.73. The minimum absolute atomic E-state index is 0.108. The van der Waals surface area contributed by atoms with E-state index in [2.05, 4.69) is 10.3 Å². The number of carbonyl (C=O) groups is 1. The molecule has 0 radical (unpaired) electrons. The van der Waals surface area contributed by atoms with Crippen LogP contribution in [0, 0.1) is 0 Å². The monoisotopic (exact) mass is 326 g/mol. The van der Waals surface area contributed by atoms with Gasteiger partial charge >= 0.3 is 0 Å². The van der Waals surface area contributed by atoms with E-state index in [1.807, 2.05) is 18.2 Å². The van der Waals surface area contributed by atoms with Crippen molar-refractivity contribution < 1.29 is 4.79 Å². The lowest BCUT2D eigenvalue weighted by Gasteiger charge is -2.08. The molecule has 0 bridgehead atoms. The number of nitrogens with two attached hydrogens (primary N) is 1. The molecule has 0 saturated carbocycles. The Morgan fingerprint density at radius 2 is 1.83 bits per heavy atom. The van der Waals surface area contributed by atoms with Crippen LogP contribution in [-0.4, -0.2) is 21.3 Å². The average molecular weight is 326 g/mol. The molecule has 0 saturated heterocycles. The largest absolute Gasteiger partial charge is 0.334 e. The van der Waals surface area contributed by atoms with Crippen molar-refractivity contribution in [3.8, 4) is 0 Å². The van der Waals surface area contributed by atoms with Gasteiger partial charge in [-0.2, -0.15) is 0 Å². The van der Waals surface area contributed by atoms with Crippen LogP contribution in [0.1, 0.15) is 0 Å². The summed E-state index contributed by atoms with van der Waals surface area (Å²) in [5.41, 5.74) is 0.946. The van der Waals surface area contributed by atoms with Crippen LogP contribution in [0.5, 0.6) is 0 Å². The first kappa shape index (κ1) is 15.1. The second-order valence-electron chi connectivity index (χ2n) is 4.79. The summed E-state index contributed by atoms with van der Waals surface area (Å²) in [6.07, 6.45) is 0. The number of carbonyl (C=O) groups excluding carboxylic acids is 1. The van der Waals surface area contributed by atoms with E-state index in [-0.39, 0.29) is 17.2 Å². The molecule has 23 heavy (non-hydrogen) atoms. The van der Waals surface area contributed by atoms with Gasteiger partial charge in [0.2, 0.25) is 5.91 Å². The maximum Gasteiger partial charge on any atom is 0.280 e. The van der Waals surface area contributed by atoms with Gasteiger partial charge in [-0.05, 0) is 24.3 Å². The average Bonchev–Trinajstić information content (AvgIpc) is 2.58. The van der Waals surface area contributed by atoms with Gasteiger partial charge in [-0.1, -0.05) is 42.1 Å². The number of benzene rings is 2. The van der Waals surface area contributed by atoms with Crippen molar-refractivity contribution in [3.05, 3.63) is 65.0 Å². The topological polar surface area (TPSA) is 90.0 Å². The number of amides is 1. The Kier molecular flexibility index (Phi) is 4.29. The maximum atomic E-state index is 12.2. The fraction of sp³-hybridized carbons (Fsp3) is 0.0625. The van der Waals surface area contributed by atoms with Crippen LogP contribution in [0.15, 0.2) is 64.5 Å². The van der Waals surface area contributed by atoms with Crippen molar-refractivity contribution in [3.63, 3.8) is 0 Å². The van der Waals surface area contributed by atoms with Crippen molar-refractivity contribution in [2.24, 2.45) is 0 Å². The summed E-state index contributed by atoms with van der Waals surface area (Å²) in [4.78, 5) is 28.5. The highest BCUT2D eigenvalue weighted by atomic mass is 32.2. The van der Waals surface area contributed by atoms with Gasteiger partial charge in [-0.15, -0.1) is 0 Å². The Labute approximate surface area is 136 Å². The number of para-hydroxylation sites is 2. The number of aromatic nitrogens is 2. The van der Waals surface area contributed by atoms with Gasteiger partial charge in [0, 0.05) is 5.69 Å². The fourth-order valence-electron chi connectivity index (χ4n) is 2.08. The normalized spacial score (nSPS) is 10.6. The van der Waals surface area contributed by atoms with Crippen molar-refractivity contribution in [2.75, 3.05) is 16.9 Å². The molecule has 3 aromatic rings. The van der Waals surface area contributed by atoms with Gasteiger partial charge < -0.3 is 11.2 Å². The number of rotatable bonds is 4. The van der Waals surface area contributed by atoms with E-state index in [1.165, 1.54) is 0 Å². The lowest BCUT2D eigenvalue weighted by molar-refractivity contribution is -0.113. The summed E-state index contributed by atoms with van der Waals surface area (Å²) in [6.45, 7) is 0. The Balaban J connectivity index is 1.76. The van der Waals surface area contributed by atoms with Gasteiger partial charge in [-0.25, -0.2) is 9.66 Å². The number of nitrogens with zero attached hydrogens (tertiary/aromatic N) is 2. The van der Waals surface area contributed by atoms with Gasteiger partial charge in [-0.3, -0.25) is 9.59 Å². The van der Waals surface area contributed by atoms with Crippen LogP contribution < -0.4 is 16.7 Å². The predicted molar refractivity (Wildman–Crippen MR) is 91.9 cm³/mol. The van der Waals surface area contributed by atoms with E-state index < -0.39 is 0 Å². The third kappa shape index (κ3) is 3.35. The maximum absolute atomic E-state index is 12.2. The van der Waals surface area contributed by atoms with E-state index in [0.717, 1.165) is 22.1 Å². The zero-order chi connectivity index (χ0) is 16.2. The van der Waals surface area contributed by atoms with E-state index in [9.17, 15) is 9.59 Å². The summed E-state index contributed by atoms with van der Waals surface area (Å²) in [6, 6.07) is 16.1. The molecular formula is C16H14N4O2S. The zero-order valence-electron chi connectivity index (χ0n) is 12.1. The van der Waals surface area contributed by atoms with Crippen LogP contribution in [0.2, 0.25) is 0 Å². The van der Waals surface area contributed by atoms with Crippen LogP contribution in [-0.2, 0) is 4.79 Å². The van der Waals surface area contributed by atoms with Gasteiger partial charge in [0.25, 0.3) is 5.56 Å². The standard InChI is InChI=1S/C16H14N4O2S/c17-20-15(22)12-8-4-5-9-13(12)19-16(20)23-10-14(21)18-11-6-2-1-3-7-11/h1-9H,10,17H2,(H,18,21). The Morgan fingerprint density at radius 1 is 1.13 bits per heavy atom. The van der Waals surface area contributed by atoms with Crippen molar-refractivity contribution >= 4 is 34.3 Å². The SMILES string of the molecule is Nn1c(SCC(=O)Nc2ccccc2)nc2ccccc2c1=O. The molecule has 6 nitrogen and oxygen atoms in total. The van der Waals surface area contributed by atoms with Gasteiger partial charge in [0.1, 0.15) is 0 Å². The molecule has 0 aliphatic rings. The number of hydrogen-bond donors (Lipinski definition) is 2. The van der Waals surface area contributed by atoms with Crippen LogP contribution in [0.4, 0.5) is 5.69 Å². The number of nitrogens with one attached hydrogen (secondary N) is 1. The molecule has 0 atom stereocenters. The molecular weight excluding hydrogens is 312 g/mol.